The van der Waals surface area contributed by atoms with Crippen LogP contribution in [0.4, 0.5) is 0 Å². The second kappa shape index (κ2) is 9.58. The number of guanidine groups is 1. The summed E-state index contributed by atoms with van der Waals surface area (Å²) in [7, 11) is 0. The van der Waals surface area contributed by atoms with Crippen LogP contribution in [0.5, 0.6) is 0 Å². The molecule has 6 heteroatoms. The first-order chi connectivity index (χ1) is 12.3. The van der Waals surface area contributed by atoms with Gasteiger partial charge in [-0.05, 0) is 58.9 Å². The van der Waals surface area contributed by atoms with Crippen LogP contribution in [-0.4, -0.2) is 72.5 Å². The molecule has 2 saturated heterocycles. The van der Waals surface area contributed by atoms with Crippen LogP contribution < -0.4 is 10.6 Å². The highest BCUT2D eigenvalue weighted by molar-refractivity contribution is 5.80. The summed E-state index contributed by atoms with van der Waals surface area (Å²) in [6.07, 6.45) is 4.61. The molecule has 1 atom stereocenters. The third-order valence-electron chi connectivity index (χ3n) is 5.76. The number of carbonyl (C=O) groups is 1. The van der Waals surface area contributed by atoms with Crippen LogP contribution >= 0.6 is 0 Å². The average molecular weight is 366 g/mol. The van der Waals surface area contributed by atoms with Gasteiger partial charge in [-0.1, -0.05) is 6.92 Å². The minimum Gasteiger partial charge on any atom is -0.357 e. The van der Waals surface area contributed by atoms with Crippen molar-refractivity contribution in [2.45, 2.75) is 71.9 Å². The van der Waals surface area contributed by atoms with E-state index in [2.05, 4.69) is 43.2 Å². The number of nitrogens with zero attached hydrogens (tertiary/aromatic N) is 3. The minimum atomic E-state index is 0.0784. The summed E-state index contributed by atoms with van der Waals surface area (Å²) >= 11 is 0. The van der Waals surface area contributed by atoms with Crippen LogP contribution in [-0.2, 0) is 4.79 Å². The van der Waals surface area contributed by atoms with E-state index in [1.807, 2.05) is 4.90 Å². The molecule has 0 aliphatic carbocycles. The molecule has 2 N–H and O–H groups in total. The number of nitrogens with one attached hydrogen (secondary N) is 2. The van der Waals surface area contributed by atoms with Gasteiger partial charge in [0, 0.05) is 44.7 Å². The smallest absolute Gasteiger partial charge is 0.219 e. The summed E-state index contributed by atoms with van der Waals surface area (Å²) in [6, 6.07) is 0.390. The highest BCUT2D eigenvalue weighted by Gasteiger charge is 2.30. The topological polar surface area (TPSA) is 60.0 Å². The van der Waals surface area contributed by atoms with Gasteiger partial charge >= 0.3 is 0 Å². The van der Waals surface area contributed by atoms with Crippen molar-refractivity contribution in [3.05, 3.63) is 0 Å². The summed E-state index contributed by atoms with van der Waals surface area (Å²) in [5, 5.41) is 6.97. The van der Waals surface area contributed by atoms with E-state index in [9.17, 15) is 4.79 Å². The fourth-order valence-electron chi connectivity index (χ4n) is 3.96. The van der Waals surface area contributed by atoms with Crippen LogP contribution in [0.15, 0.2) is 4.99 Å². The molecule has 2 rings (SSSR count). The van der Waals surface area contributed by atoms with Gasteiger partial charge in [-0.3, -0.25) is 14.7 Å². The van der Waals surface area contributed by atoms with Gasteiger partial charge in [0.2, 0.25) is 5.91 Å². The molecular formula is C20H39N5O. The highest BCUT2D eigenvalue weighted by Crippen LogP contribution is 2.24. The van der Waals surface area contributed by atoms with Crippen LogP contribution in [0.1, 0.15) is 60.3 Å². The van der Waals surface area contributed by atoms with Gasteiger partial charge in [0.25, 0.3) is 0 Å². The van der Waals surface area contributed by atoms with Crippen LogP contribution in [0.25, 0.3) is 0 Å². The number of piperidine rings is 2. The van der Waals surface area contributed by atoms with E-state index in [4.69, 9.17) is 4.99 Å². The van der Waals surface area contributed by atoms with Crippen molar-refractivity contribution in [3.8, 4) is 0 Å². The highest BCUT2D eigenvalue weighted by atomic mass is 16.2. The van der Waals surface area contributed by atoms with Gasteiger partial charge in [0.05, 0.1) is 6.54 Å². The van der Waals surface area contributed by atoms with Crippen molar-refractivity contribution >= 4 is 11.9 Å². The van der Waals surface area contributed by atoms with Crippen molar-refractivity contribution < 1.29 is 4.79 Å². The zero-order chi connectivity index (χ0) is 19.2. The number of hydrogen-bond donors (Lipinski definition) is 2. The Balaban J connectivity index is 1.90. The van der Waals surface area contributed by atoms with Gasteiger partial charge < -0.3 is 15.5 Å². The van der Waals surface area contributed by atoms with Crippen molar-refractivity contribution in [2.75, 3.05) is 39.3 Å². The number of hydrogen-bond acceptors (Lipinski definition) is 3. The molecule has 0 saturated carbocycles. The maximum Gasteiger partial charge on any atom is 0.219 e. The Morgan fingerprint density at radius 1 is 1.19 bits per heavy atom. The maximum atomic E-state index is 11.5. The summed E-state index contributed by atoms with van der Waals surface area (Å²) < 4.78 is 0. The van der Waals surface area contributed by atoms with Gasteiger partial charge in [0.1, 0.15) is 0 Å². The molecule has 150 valence electrons. The van der Waals surface area contributed by atoms with Crippen molar-refractivity contribution in [2.24, 2.45) is 10.9 Å². The van der Waals surface area contributed by atoms with Gasteiger partial charge in [0.15, 0.2) is 5.96 Å². The monoisotopic (exact) mass is 365 g/mol. The fourth-order valence-corrected chi connectivity index (χ4v) is 3.96. The van der Waals surface area contributed by atoms with E-state index in [0.717, 1.165) is 50.9 Å². The van der Waals surface area contributed by atoms with E-state index in [1.165, 1.54) is 25.9 Å². The molecule has 26 heavy (non-hydrogen) atoms. The van der Waals surface area contributed by atoms with E-state index >= 15 is 0 Å². The molecule has 0 radical (unpaired) electrons. The summed E-state index contributed by atoms with van der Waals surface area (Å²) in [6.45, 7) is 16.4. The summed E-state index contributed by atoms with van der Waals surface area (Å²) in [5.41, 5.74) is 0.0784. The quantitative estimate of drug-likeness (QED) is 0.578. The van der Waals surface area contributed by atoms with E-state index < -0.39 is 0 Å². The molecule has 2 heterocycles. The number of carbonyl (C=O) groups excluding carboxylic acids is 1. The average Bonchev–Trinajstić information content (AvgIpc) is 2.60. The Morgan fingerprint density at radius 3 is 2.46 bits per heavy atom. The van der Waals surface area contributed by atoms with Gasteiger partial charge in [-0.25, -0.2) is 0 Å². The number of likely N-dealkylation sites (tertiary alicyclic amines) is 2. The molecule has 6 nitrogen and oxygen atoms in total. The van der Waals surface area contributed by atoms with Crippen molar-refractivity contribution in [1.82, 2.24) is 20.4 Å². The Hall–Kier alpha value is -1.30. The lowest BCUT2D eigenvalue weighted by atomic mass is 9.94. The third-order valence-corrected chi connectivity index (χ3v) is 5.76. The first-order valence-electron chi connectivity index (χ1n) is 10.4. The standard InChI is InChI=1S/C20H39N5O/c1-6-21-19(23-18-9-12-24(13-10-18)17(3)26)22-15-20(4,5)25-11-7-8-16(2)14-25/h16,18H,6-15H2,1-5H3,(H2,21,22,23). The van der Waals surface area contributed by atoms with Crippen molar-refractivity contribution in [1.29, 1.82) is 0 Å². The van der Waals surface area contributed by atoms with E-state index in [-0.39, 0.29) is 11.4 Å². The zero-order valence-electron chi connectivity index (χ0n) is 17.5. The molecule has 0 aromatic rings. The zero-order valence-corrected chi connectivity index (χ0v) is 17.5. The van der Waals surface area contributed by atoms with E-state index in [1.54, 1.807) is 6.92 Å². The molecule has 0 spiro atoms. The van der Waals surface area contributed by atoms with Gasteiger partial charge in [-0.2, -0.15) is 0 Å². The summed E-state index contributed by atoms with van der Waals surface area (Å²) in [5.74, 6) is 1.87. The molecule has 1 amide bonds. The lowest BCUT2D eigenvalue weighted by Gasteiger charge is -2.42. The number of rotatable bonds is 5. The Bertz CT molecular complexity index is 483. The maximum absolute atomic E-state index is 11.5. The number of amides is 1. The second-order valence-corrected chi connectivity index (χ2v) is 8.63. The van der Waals surface area contributed by atoms with Crippen LogP contribution in [0, 0.1) is 5.92 Å². The number of aliphatic imine (C=N–C) groups is 1. The Morgan fingerprint density at radius 2 is 1.88 bits per heavy atom. The second-order valence-electron chi connectivity index (χ2n) is 8.63. The lowest BCUT2D eigenvalue weighted by molar-refractivity contribution is -0.129. The molecule has 0 aromatic carbocycles. The van der Waals surface area contributed by atoms with Crippen LogP contribution in [0.2, 0.25) is 0 Å². The predicted octanol–water partition coefficient (Wildman–Crippen LogP) is 2.06. The largest absolute Gasteiger partial charge is 0.357 e. The predicted molar refractivity (Wildman–Crippen MR) is 108 cm³/mol. The normalized spacial score (nSPS) is 23.8. The molecule has 2 aliphatic heterocycles. The first-order valence-corrected chi connectivity index (χ1v) is 10.4. The van der Waals surface area contributed by atoms with Crippen LogP contribution in [0.3, 0.4) is 0 Å². The molecule has 0 aromatic heterocycles. The minimum absolute atomic E-state index is 0.0784. The Labute approximate surface area is 159 Å². The first kappa shape index (κ1) is 21.0. The lowest BCUT2D eigenvalue weighted by Crippen LogP contribution is -2.52. The molecule has 2 fully saturated rings. The van der Waals surface area contributed by atoms with Crippen molar-refractivity contribution in [3.63, 3.8) is 0 Å². The Kier molecular flexibility index (Phi) is 7.74. The fraction of sp³-hybridized carbons (Fsp3) is 0.900. The molecule has 2 aliphatic rings. The molecular weight excluding hydrogens is 326 g/mol. The SMILES string of the molecule is CCNC(=NCC(C)(C)N1CCCC(C)C1)NC1CCN(C(C)=O)CC1. The summed E-state index contributed by atoms with van der Waals surface area (Å²) in [4.78, 5) is 20.9. The third kappa shape index (κ3) is 6.15. The molecule has 1 unspecified atom stereocenters. The molecule has 0 bridgehead atoms. The van der Waals surface area contributed by atoms with Gasteiger partial charge in [-0.15, -0.1) is 0 Å². The van der Waals surface area contributed by atoms with E-state index in [0.29, 0.717) is 6.04 Å².